The lowest BCUT2D eigenvalue weighted by molar-refractivity contribution is -0.137. The molecule has 0 N–H and O–H groups in total. The van der Waals surface area contributed by atoms with Gasteiger partial charge in [-0.2, -0.15) is 13.2 Å². The maximum atomic E-state index is 12.7. The van der Waals surface area contributed by atoms with Crippen LogP contribution in [0.25, 0.3) is 31.3 Å². The van der Waals surface area contributed by atoms with Crippen LogP contribution in [0.15, 0.2) is 78.2 Å². The molecule has 0 saturated heterocycles. The molecule has 0 aliphatic heterocycles. The lowest BCUT2D eigenvalue weighted by Gasteiger charge is -2.06. The van der Waals surface area contributed by atoms with Gasteiger partial charge >= 0.3 is 6.18 Å². The highest BCUT2D eigenvalue weighted by atomic mass is 32.1. The van der Waals surface area contributed by atoms with Crippen LogP contribution in [-0.4, -0.2) is 0 Å². The highest BCUT2D eigenvalue weighted by Crippen LogP contribution is 2.37. The second-order valence-electron chi connectivity index (χ2n) is 5.79. The minimum atomic E-state index is -4.30. The molecule has 0 unspecified atom stereocenters. The van der Waals surface area contributed by atoms with Crippen molar-refractivity contribution in [1.82, 2.24) is 0 Å². The van der Waals surface area contributed by atoms with Crippen LogP contribution in [0.2, 0.25) is 0 Å². The first-order chi connectivity index (χ1) is 12.5. The van der Waals surface area contributed by atoms with Crippen LogP contribution in [0.5, 0.6) is 0 Å². The molecule has 0 nitrogen and oxygen atoms in total. The Hall–Kier alpha value is -2.37. The maximum Gasteiger partial charge on any atom is 0.416 e. The summed E-state index contributed by atoms with van der Waals surface area (Å²) in [7, 11) is 0. The molecule has 0 atom stereocenters. The highest BCUT2D eigenvalue weighted by Gasteiger charge is 2.30. The number of alkyl halides is 3. The third-order valence-corrected chi connectivity index (χ3v) is 6.18. The summed E-state index contributed by atoms with van der Waals surface area (Å²) in [4.78, 5) is 3.28. The molecule has 0 spiro atoms. The molecule has 0 saturated carbocycles. The van der Waals surface area contributed by atoms with Crippen LogP contribution in [0.3, 0.4) is 0 Å². The predicted molar refractivity (Wildman–Crippen MR) is 104 cm³/mol. The molecule has 0 bridgehead atoms. The molecule has 5 heteroatoms. The zero-order valence-electron chi connectivity index (χ0n) is 13.5. The zero-order chi connectivity index (χ0) is 18.1. The molecule has 26 heavy (non-hydrogen) atoms. The zero-order valence-corrected chi connectivity index (χ0v) is 15.1. The summed E-state index contributed by atoms with van der Waals surface area (Å²) in [6.45, 7) is 0. The molecule has 4 rings (SSSR count). The molecule has 0 aliphatic rings. The number of hydrogen-bond donors (Lipinski definition) is 0. The summed E-state index contributed by atoms with van der Waals surface area (Å²) >= 11 is 3.28. The molecule has 2 aromatic carbocycles. The van der Waals surface area contributed by atoms with E-state index >= 15 is 0 Å². The summed E-state index contributed by atoms with van der Waals surface area (Å²) in [6.07, 6.45) is -4.30. The van der Waals surface area contributed by atoms with Crippen LogP contribution in [0, 0.1) is 0 Å². The van der Waals surface area contributed by atoms with E-state index in [1.165, 1.54) is 22.6 Å². The Kier molecular flexibility index (Phi) is 4.42. The van der Waals surface area contributed by atoms with Crippen molar-refractivity contribution >= 4 is 22.7 Å². The topological polar surface area (TPSA) is 0 Å². The second-order valence-corrected chi connectivity index (χ2v) is 7.83. The Labute approximate surface area is 157 Å². The molecule has 2 heterocycles. The van der Waals surface area contributed by atoms with E-state index < -0.39 is 11.7 Å². The molecular weight excluding hydrogens is 373 g/mol. The van der Waals surface area contributed by atoms with Gasteiger partial charge in [-0.15, -0.1) is 22.7 Å². The van der Waals surface area contributed by atoms with Gasteiger partial charge < -0.3 is 0 Å². The monoisotopic (exact) mass is 386 g/mol. The molecular formula is C21H13F3S2. The molecule has 130 valence electrons. The van der Waals surface area contributed by atoms with Crippen molar-refractivity contribution in [2.75, 3.05) is 0 Å². The van der Waals surface area contributed by atoms with Gasteiger partial charge in [-0.3, -0.25) is 0 Å². The Morgan fingerprint density at radius 1 is 0.577 bits per heavy atom. The third-order valence-electron chi connectivity index (χ3n) is 4.08. The fourth-order valence-corrected chi connectivity index (χ4v) is 4.46. The van der Waals surface area contributed by atoms with Crippen LogP contribution in [0.4, 0.5) is 13.2 Å². The van der Waals surface area contributed by atoms with Gasteiger partial charge in [0.2, 0.25) is 0 Å². The van der Waals surface area contributed by atoms with E-state index in [-0.39, 0.29) is 0 Å². The number of rotatable bonds is 3. The first-order valence-corrected chi connectivity index (χ1v) is 9.62. The number of benzene rings is 2. The lowest BCUT2D eigenvalue weighted by atomic mass is 10.1. The van der Waals surface area contributed by atoms with Gasteiger partial charge in [0.25, 0.3) is 0 Å². The van der Waals surface area contributed by atoms with E-state index in [1.807, 2.05) is 18.2 Å². The molecule has 0 radical (unpaired) electrons. The summed E-state index contributed by atoms with van der Waals surface area (Å²) in [5.41, 5.74) is 2.46. The largest absolute Gasteiger partial charge is 0.416 e. The van der Waals surface area contributed by atoms with E-state index in [9.17, 15) is 13.2 Å². The Morgan fingerprint density at radius 3 is 1.54 bits per heavy atom. The molecule has 0 aliphatic carbocycles. The Bertz CT molecular complexity index is 993. The maximum absolute atomic E-state index is 12.7. The van der Waals surface area contributed by atoms with E-state index in [2.05, 4.69) is 35.7 Å². The van der Waals surface area contributed by atoms with Crippen LogP contribution in [0.1, 0.15) is 5.56 Å². The molecule has 0 amide bonds. The van der Waals surface area contributed by atoms with Crippen LogP contribution >= 0.6 is 22.7 Å². The first kappa shape index (κ1) is 17.1. The van der Waals surface area contributed by atoms with E-state index in [0.29, 0.717) is 0 Å². The third kappa shape index (κ3) is 3.45. The van der Waals surface area contributed by atoms with E-state index in [0.717, 1.165) is 33.0 Å². The number of hydrogen-bond acceptors (Lipinski definition) is 2. The second kappa shape index (κ2) is 6.74. The predicted octanol–water partition coefficient (Wildman–Crippen LogP) is 7.83. The fraction of sp³-hybridized carbons (Fsp3) is 0.0476. The summed E-state index contributed by atoms with van der Waals surface area (Å²) < 4.78 is 38.1. The summed E-state index contributed by atoms with van der Waals surface area (Å²) in [5, 5.41) is 2.05. The number of thiophene rings is 2. The number of halogens is 3. The van der Waals surface area contributed by atoms with Crippen LogP contribution < -0.4 is 0 Å². The molecule has 2 aromatic heterocycles. The van der Waals surface area contributed by atoms with Crippen molar-refractivity contribution in [3.8, 4) is 31.3 Å². The van der Waals surface area contributed by atoms with Gasteiger partial charge in [0, 0.05) is 14.6 Å². The van der Waals surface area contributed by atoms with Gasteiger partial charge in [0.1, 0.15) is 0 Å². The minimum Gasteiger partial charge on any atom is -0.166 e. The van der Waals surface area contributed by atoms with Crippen molar-refractivity contribution in [3.63, 3.8) is 0 Å². The average molecular weight is 386 g/mol. The standard InChI is InChI=1S/C21H13F3S2/c22-21(23,24)17-9-7-16(8-10-17)20-12-11-19(26-20)15-5-3-14(4-6-15)18-2-1-13-25-18/h1-13H. The quantitative estimate of drug-likeness (QED) is 0.336. The average Bonchev–Trinajstić information content (AvgIpc) is 3.33. The van der Waals surface area contributed by atoms with Gasteiger partial charge in [-0.25, -0.2) is 0 Å². The van der Waals surface area contributed by atoms with Crippen molar-refractivity contribution in [3.05, 3.63) is 83.7 Å². The Balaban J connectivity index is 1.58. The smallest absolute Gasteiger partial charge is 0.166 e. The van der Waals surface area contributed by atoms with Crippen molar-refractivity contribution in [1.29, 1.82) is 0 Å². The highest BCUT2D eigenvalue weighted by molar-refractivity contribution is 7.18. The SMILES string of the molecule is FC(F)(F)c1ccc(-c2ccc(-c3ccc(-c4cccs4)cc3)s2)cc1. The summed E-state index contributed by atoms with van der Waals surface area (Å²) in [5.74, 6) is 0. The lowest BCUT2D eigenvalue weighted by Crippen LogP contribution is -2.03. The summed E-state index contributed by atoms with van der Waals surface area (Å²) in [6, 6.07) is 21.8. The van der Waals surface area contributed by atoms with Crippen LogP contribution in [-0.2, 0) is 6.18 Å². The molecule has 0 fully saturated rings. The van der Waals surface area contributed by atoms with E-state index in [1.54, 1.807) is 22.7 Å². The van der Waals surface area contributed by atoms with Crippen molar-refractivity contribution in [2.24, 2.45) is 0 Å². The fourth-order valence-electron chi connectivity index (χ4n) is 2.71. The van der Waals surface area contributed by atoms with Crippen molar-refractivity contribution in [2.45, 2.75) is 6.18 Å². The van der Waals surface area contributed by atoms with Gasteiger partial charge in [-0.1, -0.05) is 42.5 Å². The van der Waals surface area contributed by atoms with Gasteiger partial charge in [0.05, 0.1) is 5.56 Å². The van der Waals surface area contributed by atoms with Gasteiger partial charge in [0.15, 0.2) is 0 Å². The minimum absolute atomic E-state index is 0.623. The van der Waals surface area contributed by atoms with E-state index in [4.69, 9.17) is 0 Å². The molecule has 4 aromatic rings. The normalized spacial score (nSPS) is 11.7. The Morgan fingerprint density at radius 2 is 1.08 bits per heavy atom. The first-order valence-electron chi connectivity index (χ1n) is 7.92. The van der Waals surface area contributed by atoms with Gasteiger partial charge in [-0.05, 0) is 52.4 Å². The van der Waals surface area contributed by atoms with Crippen molar-refractivity contribution < 1.29 is 13.2 Å².